The van der Waals surface area contributed by atoms with Crippen molar-refractivity contribution < 1.29 is 28.6 Å². The van der Waals surface area contributed by atoms with E-state index in [0.29, 0.717) is 45.0 Å². The third-order valence-electron chi connectivity index (χ3n) is 6.05. The Kier molecular flexibility index (Phi) is 9.33. The molecule has 1 saturated heterocycles. The van der Waals surface area contributed by atoms with Crippen LogP contribution in [0, 0.1) is 0 Å². The molecule has 34 heavy (non-hydrogen) atoms. The Morgan fingerprint density at radius 2 is 1.79 bits per heavy atom. The molecule has 1 fully saturated rings. The van der Waals surface area contributed by atoms with E-state index in [1.165, 1.54) is 4.90 Å². The van der Waals surface area contributed by atoms with Gasteiger partial charge in [-0.3, -0.25) is 14.4 Å². The topological polar surface area (TPSA) is 88.6 Å². The van der Waals surface area contributed by atoms with Gasteiger partial charge in [0, 0.05) is 32.7 Å². The van der Waals surface area contributed by atoms with Gasteiger partial charge in [-0.05, 0) is 32.8 Å². The van der Waals surface area contributed by atoms with Gasteiger partial charge in [0.15, 0.2) is 0 Å². The molecule has 0 unspecified atom stereocenters. The highest BCUT2D eigenvalue weighted by Gasteiger charge is 2.34. The first kappa shape index (κ1) is 25.6. The summed E-state index contributed by atoms with van der Waals surface area (Å²) in [5, 5.41) is 0. The Morgan fingerprint density at radius 1 is 1.09 bits per heavy atom. The molecule has 186 valence electrons. The number of carbonyl (C=O) groups excluding carboxylic acids is 3. The first-order valence-corrected chi connectivity index (χ1v) is 11.9. The van der Waals surface area contributed by atoms with Gasteiger partial charge in [0.05, 0.1) is 6.10 Å². The van der Waals surface area contributed by atoms with E-state index >= 15 is 0 Å². The minimum atomic E-state index is -0.504. The number of nitrogens with zero attached hydrogens (tertiary/aromatic N) is 3. The third kappa shape index (κ3) is 6.72. The molecule has 0 spiro atoms. The summed E-state index contributed by atoms with van der Waals surface area (Å²) in [6, 6.07) is 9.92. The van der Waals surface area contributed by atoms with Gasteiger partial charge in [-0.2, -0.15) is 0 Å². The fourth-order valence-corrected chi connectivity index (χ4v) is 4.08. The minimum Gasteiger partial charge on any atom is -0.491 e. The van der Waals surface area contributed by atoms with Gasteiger partial charge in [0.25, 0.3) is 5.91 Å². The molecule has 9 heteroatoms. The van der Waals surface area contributed by atoms with Crippen molar-refractivity contribution in [3.05, 3.63) is 47.4 Å². The summed E-state index contributed by atoms with van der Waals surface area (Å²) < 4.78 is 17.0. The highest BCUT2D eigenvalue weighted by atomic mass is 16.6. The number of ether oxygens (including phenoxy) is 3. The SMILES string of the molecule is CCN(CC)C(=O)CO[C@H]1CN(CCc2ccccc2)C(=O)CN(C(=O)C2=C(C)OCCO2)C1. The molecule has 9 nitrogen and oxygen atoms in total. The molecule has 1 aromatic carbocycles. The normalized spacial score (nSPS) is 18.8. The molecule has 2 aliphatic heterocycles. The molecule has 3 amide bonds. The number of likely N-dealkylation sites (N-methyl/N-ethyl adjacent to an activating group) is 1. The van der Waals surface area contributed by atoms with Gasteiger partial charge < -0.3 is 28.9 Å². The summed E-state index contributed by atoms with van der Waals surface area (Å²) >= 11 is 0. The van der Waals surface area contributed by atoms with Crippen LogP contribution >= 0.6 is 0 Å². The third-order valence-corrected chi connectivity index (χ3v) is 6.05. The summed E-state index contributed by atoms with van der Waals surface area (Å²) in [5.41, 5.74) is 1.12. The zero-order chi connectivity index (χ0) is 24.5. The predicted octanol–water partition coefficient (Wildman–Crippen LogP) is 1.43. The zero-order valence-corrected chi connectivity index (χ0v) is 20.3. The molecular weight excluding hydrogens is 438 g/mol. The number of rotatable bonds is 9. The number of allylic oxidation sites excluding steroid dienone is 1. The Morgan fingerprint density at radius 3 is 2.47 bits per heavy atom. The second kappa shape index (κ2) is 12.4. The van der Waals surface area contributed by atoms with Crippen LogP contribution in [0.5, 0.6) is 0 Å². The monoisotopic (exact) mass is 473 g/mol. The maximum Gasteiger partial charge on any atom is 0.293 e. The van der Waals surface area contributed by atoms with Crippen LogP contribution in [0.4, 0.5) is 0 Å². The lowest BCUT2D eigenvalue weighted by Crippen LogP contribution is -2.42. The Balaban J connectivity index is 1.74. The summed E-state index contributed by atoms with van der Waals surface area (Å²) in [7, 11) is 0. The highest BCUT2D eigenvalue weighted by molar-refractivity contribution is 5.95. The summed E-state index contributed by atoms with van der Waals surface area (Å²) in [6.45, 7) is 8.16. The highest BCUT2D eigenvalue weighted by Crippen LogP contribution is 2.18. The molecule has 0 bridgehead atoms. The van der Waals surface area contributed by atoms with Crippen LogP contribution in [0.25, 0.3) is 0 Å². The molecule has 2 aliphatic rings. The lowest BCUT2D eigenvalue weighted by molar-refractivity contribution is -0.140. The minimum absolute atomic E-state index is 0.0857. The molecule has 0 saturated carbocycles. The molecule has 0 aliphatic carbocycles. The zero-order valence-electron chi connectivity index (χ0n) is 20.3. The van der Waals surface area contributed by atoms with Crippen molar-refractivity contribution in [2.75, 3.05) is 59.1 Å². The standard InChI is InChI=1S/C25H35N3O6/c1-4-26(5-2)23(30)18-34-21-15-27(12-11-20-9-7-6-8-10-20)22(29)17-28(16-21)25(31)24-19(3)32-13-14-33-24/h6-10,21H,4-5,11-18H2,1-3H3/t21-/m0/s1. The lowest BCUT2D eigenvalue weighted by atomic mass is 10.1. The molecular formula is C25H35N3O6. The van der Waals surface area contributed by atoms with Crippen molar-refractivity contribution in [1.82, 2.24) is 14.7 Å². The number of amides is 3. The van der Waals surface area contributed by atoms with Crippen LogP contribution < -0.4 is 0 Å². The van der Waals surface area contributed by atoms with E-state index in [0.717, 1.165) is 5.56 Å². The van der Waals surface area contributed by atoms with Crippen molar-refractivity contribution in [1.29, 1.82) is 0 Å². The fourth-order valence-electron chi connectivity index (χ4n) is 4.08. The van der Waals surface area contributed by atoms with Crippen LogP contribution in [-0.2, 0) is 35.0 Å². The van der Waals surface area contributed by atoms with Crippen molar-refractivity contribution in [3.8, 4) is 0 Å². The smallest absolute Gasteiger partial charge is 0.293 e. The Hall–Kier alpha value is -3.07. The van der Waals surface area contributed by atoms with Crippen LogP contribution in [0.1, 0.15) is 26.3 Å². The molecule has 1 aromatic rings. The number of benzene rings is 1. The fraction of sp³-hybridized carbons (Fsp3) is 0.560. The van der Waals surface area contributed by atoms with Crippen LogP contribution in [0.15, 0.2) is 41.9 Å². The number of hydrogen-bond acceptors (Lipinski definition) is 6. The quantitative estimate of drug-likeness (QED) is 0.539. The van der Waals surface area contributed by atoms with E-state index < -0.39 is 12.0 Å². The lowest BCUT2D eigenvalue weighted by Gasteiger charge is -2.27. The summed E-state index contributed by atoms with van der Waals surface area (Å²) in [4.78, 5) is 43.6. The first-order valence-electron chi connectivity index (χ1n) is 11.9. The Bertz CT molecular complexity index is 884. The largest absolute Gasteiger partial charge is 0.491 e. The first-order chi connectivity index (χ1) is 16.4. The van der Waals surface area contributed by atoms with Crippen molar-refractivity contribution in [2.24, 2.45) is 0 Å². The molecule has 0 radical (unpaired) electrons. The second-order valence-corrected chi connectivity index (χ2v) is 8.34. The van der Waals surface area contributed by atoms with Crippen molar-refractivity contribution in [2.45, 2.75) is 33.3 Å². The van der Waals surface area contributed by atoms with E-state index in [1.807, 2.05) is 44.2 Å². The van der Waals surface area contributed by atoms with Crippen LogP contribution in [-0.4, -0.2) is 97.6 Å². The van der Waals surface area contributed by atoms with E-state index in [4.69, 9.17) is 14.2 Å². The summed E-state index contributed by atoms with van der Waals surface area (Å²) in [5.74, 6) is -0.158. The van der Waals surface area contributed by atoms with E-state index in [2.05, 4.69) is 0 Å². The van der Waals surface area contributed by atoms with Gasteiger partial charge in [-0.25, -0.2) is 0 Å². The van der Waals surface area contributed by atoms with Crippen molar-refractivity contribution >= 4 is 17.7 Å². The maximum absolute atomic E-state index is 13.2. The van der Waals surface area contributed by atoms with E-state index in [1.54, 1.807) is 16.7 Å². The maximum atomic E-state index is 13.2. The van der Waals surface area contributed by atoms with Gasteiger partial charge in [-0.1, -0.05) is 30.3 Å². The molecule has 0 aromatic heterocycles. The van der Waals surface area contributed by atoms with Gasteiger partial charge in [0.2, 0.25) is 17.6 Å². The average Bonchev–Trinajstić information content (AvgIpc) is 3.01. The van der Waals surface area contributed by atoms with E-state index in [9.17, 15) is 14.4 Å². The second-order valence-electron chi connectivity index (χ2n) is 8.34. The molecule has 2 heterocycles. The van der Waals surface area contributed by atoms with E-state index in [-0.39, 0.29) is 43.9 Å². The molecule has 0 N–H and O–H groups in total. The average molecular weight is 474 g/mol. The van der Waals surface area contributed by atoms with Gasteiger partial charge in [-0.15, -0.1) is 0 Å². The van der Waals surface area contributed by atoms with Crippen LogP contribution in [0.3, 0.4) is 0 Å². The molecule has 3 rings (SSSR count). The van der Waals surface area contributed by atoms with Crippen molar-refractivity contribution in [3.63, 3.8) is 0 Å². The van der Waals surface area contributed by atoms with Gasteiger partial charge >= 0.3 is 0 Å². The summed E-state index contributed by atoms with van der Waals surface area (Å²) in [6.07, 6.45) is 0.184. The molecule has 1 atom stereocenters. The van der Waals surface area contributed by atoms with Crippen LogP contribution in [0.2, 0.25) is 0 Å². The Labute approximate surface area is 201 Å². The van der Waals surface area contributed by atoms with Gasteiger partial charge in [0.1, 0.15) is 32.1 Å². The predicted molar refractivity (Wildman–Crippen MR) is 126 cm³/mol. The number of carbonyl (C=O) groups is 3. The number of hydrogen-bond donors (Lipinski definition) is 0.